The van der Waals surface area contributed by atoms with E-state index in [9.17, 15) is 22.4 Å². The number of para-hydroxylation sites is 1. The molecule has 4 aromatic rings. The zero-order valence-electron chi connectivity index (χ0n) is 24.6. The number of rotatable bonds is 9. The third-order valence-corrected chi connectivity index (χ3v) is 8.27. The van der Waals surface area contributed by atoms with Gasteiger partial charge in [-0.3, -0.25) is 4.79 Å². The van der Waals surface area contributed by atoms with Gasteiger partial charge < -0.3 is 25.5 Å². The van der Waals surface area contributed by atoms with Crippen LogP contribution in [0.3, 0.4) is 0 Å². The lowest BCUT2D eigenvalue weighted by Gasteiger charge is -2.34. The summed E-state index contributed by atoms with van der Waals surface area (Å²) in [6, 6.07) is 10.1. The first-order valence-corrected chi connectivity index (χ1v) is 14.6. The molecule has 0 radical (unpaired) electrons. The van der Waals surface area contributed by atoms with E-state index in [0.717, 1.165) is 43.6 Å². The van der Waals surface area contributed by atoms with Crippen LogP contribution in [0.2, 0.25) is 0 Å². The predicted octanol–water partition coefficient (Wildman–Crippen LogP) is 6.03. The zero-order valence-corrected chi connectivity index (χ0v) is 24.6. The van der Waals surface area contributed by atoms with E-state index in [4.69, 9.17) is 15.2 Å². The number of fused-ring (bicyclic) bond motifs is 1. The second kappa shape index (κ2) is 12.1. The molecular formula is C32H32F4N6O3. The molecule has 45 heavy (non-hydrogen) atoms. The van der Waals surface area contributed by atoms with Gasteiger partial charge in [-0.05, 0) is 87.2 Å². The van der Waals surface area contributed by atoms with Crippen LogP contribution in [-0.2, 0) is 0 Å². The predicted molar refractivity (Wildman–Crippen MR) is 161 cm³/mol. The summed E-state index contributed by atoms with van der Waals surface area (Å²) < 4.78 is 65.1. The number of hydrogen-bond donors (Lipinski definition) is 3. The Morgan fingerprint density at radius 1 is 1.16 bits per heavy atom. The summed E-state index contributed by atoms with van der Waals surface area (Å²) in [7, 11) is 0. The minimum Gasteiger partial charge on any atom is -0.487 e. The number of carbonyl (C=O) groups excluding carboxylic acids is 1. The number of pyridine rings is 1. The highest BCUT2D eigenvalue weighted by atomic mass is 19.3. The number of nitrogens with two attached hydrogens (primary N) is 1. The maximum Gasteiger partial charge on any atom is 0.272 e. The molecule has 9 nitrogen and oxygen atoms in total. The first-order valence-electron chi connectivity index (χ1n) is 14.6. The van der Waals surface area contributed by atoms with E-state index < -0.39 is 42.0 Å². The number of halogens is 4. The maximum absolute atomic E-state index is 14.1. The van der Waals surface area contributed by atoms with Crippen LogP contribution in [0.1, 0.15) is 47.3 Å². The molecule has 4 N–H and O–H groups in total. The van der Waals surface area contributed by atoms with Gasteiger partial charge >= 0.3 is 0 Å². The molecule has 0 bridgehead atoms. The molecule has 2 aromatic heterocycles. The number of H-pyrrole nitrogens is 1. The average molecular weight is 625 g/mol. The number of ether oxygens (including phenoxy) is 2. The molecule has 2 aliphatic rings. The van der Waals surface area contributed by atoms with E-state index in [2.05, 4.69) is 20.4 Å². The number of alkyl halides is 2. The number of anilines is 1. The fraction of sp³-hybridized carbons (Fsp3) is 0.344. The van der Waals surface area contributed by atoms with E-state index in [1.54, 1.807) is 26.0 Å². The summed E-state index contributed by atoms with van der Waals surface area (Å²) >= 11 is 0. The molecule has 2 aromatic carbocycles. The quantitative estimate of drug-likeness (QED) is 0.154. The lowest BCUT2D eigenvalue weighted by molar-refractivity contribution is 0.0811. The largest absolute Gasteiger partial charge is 0.487 e. The molecule has 236 valence electrons. The van der Waals surface area contributed by atoms with E-state index >= 15 is 0 Å². The van der Waals surface area contributed by atoms with E-state index in [1.165, 1.54) is 29.6 Å². The summed E-state index contributed by atoms with van der Waals surface area (Å²) in [4.78, 5) is 21.2. The second-order valence-corrected chi connectivity index (χ2v) is 11.5. The number of aromatic nitrogens is 2. The molecule has 1 saturated heterocycles. The van der Waals surface area contributed by atoms with Crippen LogP contribution < -0.4 is 25.5 Å². The van der Waals surface area contributed by atoms with Crippen molar-refractivity contribution in [3.05, 3.63) is 77.1 Å². The van der Waals surface area contributed by atoms with E-state index in [1.807, 2.05) is 6.07 Å². The number of hydrazone groups is 1. The van der Waals surface area contributed by atoms with E-state index in [-0.39, 0.29) is 23.3 Å². The first-order chi connectivity index (χ1) is 21.5. The Balaban J connectivity index is 1.24. The minimum atomic E-state index is -2.62. The number of aromatic amines is 1. The van der Waals surface area contributed by atoms with Gasteiger partial charge in [-0.1, -0.05) is 6.07 Å². The van der Waals surface area contributed by atoms with Gasteiger partial charge in [0.1, 0.15) is 18.0 Å². The van der Waals surface area contributed by atoms with Crippen LogP contribution in [0, 0.1) is 24.5 Å². The number of nitrogens with one attached hydrogen (secondary N) is 2. The van der Waals surface area contributed by atoms with Crippen LogP contribution in [0.25, 0.3) is 10.9 Å². The van der Waals surface area contributed by atoms with Crippen LogP contribution in [-0.4, -0.2) is 53.8 Å². The highest BCUT2D eigenvalue weighted by Crippen LogP contribution is 2.39. The molecule has 0 aliphatic carbocycles. The van der Waals surface area contributed by atoms with Crippen molar-refractivity contribution in [1.82, 2.24) is 15.3 Å². The van der Waals surface area contributed by atoms with Gasteiger partial charge in [0.15, 0.2) is 17.4 Å². The third-order valence-electron chi connectivity index (χ3n) is 8.27. The zero-order chi connectivity index (χ0) is 31.9. The number of piperidine rings is 1. The number of nitrogens with zero attached hydrogens (tertiary/aromatic N) is 3. The minimum absolute atomic E-state index is 0.0337. The lowest BCUT2D eigenvalue weighted by atomic mass is 9.89. The summed E-state index contributed by atoms with van der Waals surface area (Å²) in [5, 5.41) is 9.85. The van der Waals surface area contributed by atoms with Crippen molar-refractivity contribution in [2.75, 3.05) is 24.7 Å². The van der Waals surface area contributed by atoms with Crippen LogP contribution in [0.5, 0.6) is 17.4 Å². The summed E-state index contributed by atoms with van der Waals surface area (Å²) in [5.41, 5.74) is 8.27. The van der Waals surface area contributed by atoms with Gasteiger partial charge in [-0.2, -0.15) is 5.10 Å². The van der Waals surface area contributed by atoms with Crippen molar-refractivity contribution in [1.29, 1.82) is 0 Å². The van der Waals surface area contributed by atoms with Gasteiger partial charge in [0.2, 0.25) is 11.6 Å². The Labute approximate surface area is 256 Å². The molecule has 0 saturated carbocycles. The van der Waals surface area contributed by atoms with Crippen LogP contribution in [0.4, 0.5) is 23.2 Å². The topological polar surface area (TPSA) is 118 Å². The molecule has 0 amide bonds. The van der Waals surface area contributed by atoms with Crippen molar-refractivity contribution in [2.45, 2.75) is 44.7 Å². The number of hydrogen-bond acceptors (Lipinski definition) is 8. The molecule has 13 heteroatoms. The smallest absolute Gasteiger partial charge is 0.272 e. The number of benzene rings is 2. The molecular weight excluding hydrogens is 592 g/mol. The number of ketones is 1. The molecule has 2 atom stereocenters. The second-order valence-electron chi connectivity index (χ2n) is 11.5. The fourth-order valence-electron chi connectivity index (χ4n) is 5.89. The summed E-state index contributed by atoms with van der Waals surface area (Å²) in [6.07, 6.45) is 1.93. The van der Waals surface area contributed by atoms with Crippen LogP contribution in [0.15, 0.2) is 53.8 Å². The maximum atomic E-state index is 14.1. The summed E-state index contributed by atoms with van der Waals surface area (Å²) in [6.45, 7) is 4.30. The highest BCUT2D eigenvalue weighted by molar-refractivity contribution is 6.09. The van der Waals surface area contributed by atoms with Gasteiger partial charge in [0.25, 0.3) is 6.43 Å². The molecule has 0 spiro atoms. The van der Waals surface area contributed by atoms with E-state index in [0.29, 0.717) is 27.9 Å². The standard InChI is InChI=1S/C32H32F4N6O3/c1-17-10-29(45-31-22(33)4-3-5-23(31)34)39-15-26(17)42-32(2,37)21(14-40-42)30(43)25-11-19-12-27(44-16-28(35)36)20(13-24(19)41-25)18-6-8-38-9-7-18/h3-5,10-15,18,21,28,38,41H,6-9,16,37H2,1-2H3. The number of Topliss-reactive ketones (excluding diaryl/α,β-unsaturated/α-hetero) is 1. The highest BCUT2D eigenvalue weighted by Gasteiger charge is 2.46. The van der Waals surface area contributed by atoms with Crippen molar-refractivity contribution >= 4 is 28.6 Å². The summed E-state index contributed by atoms with van der Waals surface area (Å²) in [5.74, 6) is -3.00. The molecule has 1 fully saturated rings. The molecule has 2 aliphatic heterocycles. The number of carbonyl (C=O) groups is 1. The lowest BCUT2D eigenvalue weighted by Crippen LogP contribution is -2.56. The van der Waals surface area contributed by atoms with Crippen molar-refractivity contribution in [2.24, 2.45) is 16.8 Å². The Hall–Kier alpha value is -4.49. The Kier molecular flexibility index (Phi) is 8.23. The Bertz CT molecular complexity index is 1750. The van der Waals surface area contributed by atoms with Gasteiger partial charge in [0.05, 0.1) is 23.5 Å². The Morgan fingerprint density at radius 2 is 1.89 bits per heavy atom. The van der Waals surface area contributed by atoms with Crippen molar-refractivity contribution < 1.29 is 31.8 Å². The number of aryl methyl sites for hydroxylation is 1. The SMILES string of the molecule is Cc1cc(Oc2c(F)cccc2F)ncc1N1N=CC(C(=O)c2cc3cc(OCC(F)F)c(C4CCNCC4)cc3[nH]2)C1(C)N. The van der Waals surface area contributed by atoms with Gasteiger partial charge in [0, 0.05) is 23.2 Å². The molecule has 2 unspecified atom stereocenters. The fourth-order valence-corrected chi connectivity index (χ4v) is 5.89. The average Bonchev–Trinajstić information content (AvgIpc) is 3.57. The monoisotopic (exact) mass is 624 g/mol. The Morgan fingerprint density at radius 3 is 2.58 bits per heavy atom. The van der Waals surface area contributed by atoms with Crippen LogP contribution >= 0.6 is 0 Å². The van der Waals surface area contributed by atoms with Gasteiger partial charge in [-0.25, -0.2) is 27.6 Å². The van der Waals surface area contributed by atoms with Crippen molar-refractivity contribution in [3.8, 4) is 17.4 Å². The van der Waals surface area contributed by atoms with Crippen molar-refractivity contribution in [3.63, 3.8) is 0 Å². The molecule has 4 heterocycles. The van der Waals surface area contributed by atoms with Gasteiger partial charge in [-0.15, -0.1) is 0 Å². The normalized spacial score (nSPS) is 20.4. The molecule has 6 rings (SSSR count). The first kappa shape index (κ1) is 30.5. The third kappa shape index (κ3) is 5.97.